The second-order valence-corrected chi connectivity index (χ2v) is 5.45. The van der Waals surface area contributed by atoms with Gasteiger partial charge >= 0.3 is 5.97 Å². The lowest BCUT2D eigenvalue weighted by Crippen LogP contribution is -2.00. The smallest absolute Gasteiger partial charge is 0.337 e. The first kappa shape index (κ1) is 15.1. The second kappa shape index (κ2) is 5.86. The van der Waals surface area contributed by atoms with Crippen molar-refractivity contribution < 1.29 is 13.9 Å². The highest BCUT2D eigenvalue weighted by atomic mass is 19.1. The average Bonchev–Trinajstić information content (AvgIpc) is 3.27. The Labute approximate surface area is 141 Å². The number of esters is 1. The number of aromatic nitrogens is 4. The molecular weight excluding hydrogens is 323 g/mol. The number of hydrogen-bond acceptors (Lipinski definition) is 4. The van der Waals surface area contributed by atoms with Crippen LogP contribution in [0.25, 0.3) is 33.7 Å². The summed E-state index contributed by atoms with van der Waals surface area (Å²) in [5.41, 5.74) is 2.69. The maximum atomic E-state index is 13.9. The number of fused-ring (bicyclic) bond motifs is 1. The molecule has 0 radical (unpaired) electrons. The maximum Gasteiger partial charge on any atom is 0.337 e. The van der Waals surface area contributed by atoms with Gasteiger partial charge in [0.15, 0.2) is 5.82 Å². The average molecular weight is 336 g/mol. The third kappa shape index (κ3) is 2.55. The van der Waals surface area contributed by atoms with Gasteiger partial charge in [-0.25, -0.2) is 14.2 Å². The van der Waals surface area contributed by atoms with Crippen LogP contribution in [0, 0.1) is 5.82 Å². The Bertz CT molecular complexity index is 1080. The minimum absolute atomic E-state index is 0.336. The van der Waals surface area contributed by atoms with Crippen LogP contribution in [0.1, 0.15) is 10.4 Å². The van der Waals surface area contributed by atoms with Crippen LogP contribution in [0.4, 0.5) is 4.39 Å². The van der Waals surface area contributed by atoms with Gasteiger partial charge in [0.1, 0.15) is 11.5 Å². The van der Waals surface area contributed by atoms with Gasteiger partial charge in [-0.2, -0.15) is 5.10 Å². The van der Waals surface area contributed by atoms with E-state index in [0.29, 0.717) is 28.3 Å². The molecule has 2 aromatic carbocycles. The van der Waals surface area contributed by atoms with Crippen molar-refractivity contribution in [1.29, 1.82) is 0 Å². The van der Waals surface area contributed by atoms with Gasteiger partial charge in [0.05, 0.1) is 30.1 Å². The highest BCUT2D eigenvalue weighted by molar-refractivity contribution is 5.98. The molecule has 0 fully saturated rings. The van der Waals surface area contributed by atoms with Crippen LogP contribution >= 0.6 is 0 Å². The van der Waals surface area contributed by atoms with Crippen molar-refractivity contribution in [1.82, 2.24) is 20.2 Å². The van der Waals surface area contributed by atoms with E-state index in [1.54, 1.807) is 42.6 Å². The zero-order valence-electron chi connectivity index (χ0n) is 13.2. The fourth-order valence-corrected chi connectivity index (χ4v) is 2.70. The second-order valence-electron chi connectivity index (χ2n) is 5.45. The fraction of sp³-hybridized carbons (Fsp3) is 0.0556. The summed E-state index contributed by atoms with van der Waals surface area (Å²) in [6.45, 7) is 0. The molecule has 4 aromatic rings. The molecule has 0 aliphatic carbocycles. The SMILES string of the molecule is COC(=O)c1ccc2[nH]nc(-c3ncc(-c4ccccc4F)[nH]3)c2c1. The van der Waals surface area contributed by atoms with Gasteiger partial charge in [0.2, 0.25) is 0 Å². The number of methoxy groups -OCH3 is 1. The lowest BCUT2D eigenvalue weighted by molar-refractivity contribution is 0.0601. The molecule has 124 valence electrons. The van der Waals surface area contributed by atoms with Gasteiger partial charge in [-0.3, -0.25) is 5.10 Å². The number of imidazole rings is 1. The minimum Gasteiger partial charge on any atom is -0.465 e. The first-order valence-corrected chi connectivity index (χ1v) is 7.54. The number of rotatable bonds is 3. The summed E-state index contributed by atoms with van der Waals surface area (Å²) >= 11 is 0. The third-order valence-electron chi connectivity index (χ3n) is 3.95. The fourth-order valence-electron chi connectivity index (χ4n) is 2.70. The Kier molecular flexibility index (Phi) is 3.53. The zero-order chi connectivity index (χ0) is 17.4. The first-order chi connectivity index (χ1) is 12.2. The summed E-state index contributed by atoms with van der Waals surface area (Å²) in [4.78, 5) is 19.1. The number of carbonyl (C=O) groups is 1. The molecule has 0 unspecified atom stereocenters. The van der Waals surface area contributed by atoms with Crippen LogP contribution in [0.2, 0.25) is 0 Å². The van der Waals surface area contributed by atoms with Gasteiger partial charge in [0, 0.05) is 10.9 Å². The van der Waals surface area contributed by atoms with Crippen LogP contribution in [0.5, 0.6) is 0 Å². The molecule has 7 heteroatoms. The Balaban J connectivity index is 1.80. The first-order valence-electron chi connectivity index (χ1n) is 7.54. The number of nitrogens with zero attached hydrogens (tertiary/aromatic N) is 2. The van der Waals surface area contributed by atoms with E-state index >= 15 is 0 Å². The molecule has 0 bridgehead atoms. The molecule has 0 aliphatic heterocycles. The van der Waals surface area contributed by atoms with E-state index in [1.165, 1.54) is 13.2 Å². The van der Waals surface area contributed by atoms with E-state index in [0.717, 1.165) is 10.9 Å². The summed E-state index contributed by atoms with van der Waals surface area (Å²) in [6.07, 6.45) is 1.55. The number of H-pyrrole nitrogens is 2. The monoisotopic (exact) mass is 336 g/mol. The van der Waals surface area contributed by atoms with Gasteiger partial charge in [-0.05, 0) is 30.3 Å². The topological polar surface area (TPSA) is 83.7 Å². The number of benzene rings is 2. The van der Waals surface area contributed by atoms with Gasteiger partial charge in [0.25, 0.3) is 0 Å². The van der Waals surface area contributed by atoms with Gasteiger partial charge < -0.3 is 9.72 Å². The molecule has 0 aliphatic rings. The van der Waals surface area contributed by atoms with Crippen molar-refractivity contribution in [3.63, 3.8) is 0 Å². The summed E-state index contributed by atoms with van der Waals surface area (Å²) in [6, 6.07) is 11.5. The highest BCUT2D eigenvalue weighted by Gasteiger charge is 2.15. The standard InChI is InChI=1S/C18H13FN4O2/c1-25-18(24)10-6-7-14-12(8-10)16(23-22-14)17-20-9-15(21-17)11-4-2-3-5-13(11)19/h2-9H,1H3,(H,20,21)(H,22,23). The number of nitrogens with one attached hydrogen (secondary N) is 2. The molecule has 2 aromatic heterocycles. The third-order valence-corrected chi connectivity index (χ3v) is 3.95. The largest absolute Gasteiger partial charge is 0.465 e. The van der Waals surface area contributed by atoms with Crippen LogP contribution in [0.3, 0.4) is 0 Å². The molecule has 2 N–H and O–H groups in total. The summed E-state index contributed by atoms with van der Waals surface area (Å²) in [5.74, 6) is -0.287. The molecule has 6 nitrogen and oxygen atoms in total. The molecule has 4 rings (SSSR count). The van der Waals surface area contributed by atoms with E-state index in [1.807, 2.05) is 0 Å². The molecular formula is C18H13FN4O2. The molecule has 25 heavy (non-hydrogen) atoms. The zero-order valence-corrected chi connectivity index (χ0v) is 13.2. The van der Waals surface area contributed by atoms with E-state index < -0.39 is 5.97 Å². The van der Waals surface area contributed by atoms with Crippen LogP contribution in [-0.4, -0.2) is 33.2 Å². The number of aromatic amines is 2. The van der Waals surface area contributed by atoms with E-state index in [4.69, 9.17) is 4.74 Å². The van der Waals surface area contributed by atoms with E-state index in [2.05, 4.69) is 20.2 Å². The number of halogens is 1. The Morgan fingerprint density at radius 1 is 1.20 bits per heavy atom. The molecule has 0 saturated carbocycles. The number of carbonyl (C=O) groups excluding carboxylic acids is 1. The predicted octanol–water partition coefficient (Wildman–Crippen LogP) is 3.55. The van der Waals surface area contributed by atoms with Crippen molar-refractivity contribution in [2.75, 3.05) is 7.11 Å². The molecule has 0 spiro atoms. The Hall–Kier alpha value is -3.48. The van der Waals surface area contributed by atoms with Crippen LogP contribution < -0.4 is 0 Å². The molecule has 2 heterocycles. The van der Waals surface area contributed by atoms with Crippen LogP contribution in [-0.2, 0) is 4.74 Å². The minimum atomic E-state index is -0.430. The lowest BCUT2D eigenvalue weighted by atomic mass is 10.1. The van der Waals surface area contributed by atoms with E-state index in [-0.39, 0.29) is 5.82 Å². The Morgan fingerprint density at radius 2 is 2.04 bits per heavy atom. The van der Waals surface area contributed by atoms with Crippen molar-refractivity contribution >= 4 is 16.9 Å². The lowest BCUT2D eigenvalue weighted by Gasteiger charge is -2.00. The molecule has 0 atom stereocenters. The number of hydrogen-bond donors (Lipinski definition) is 2. The van der Waals surface area contributed by atoms with Gasteiger partial charge in [-0.15, -0.1) is 0 Å². The predicted molar refractivity (Wildman–Crippen MR) is 90.4 cm³/mol. The van der Waals surface area contributed by atoms with Crippen molar-refractivity contribution in [2.24, 2.45) is 0 Å². The summed E-state index contributed by atoms with van der Waals surface area (Å²) in [7, 11) is 1.33. The Morgan fingerprint density at radius 3 is 2.84 bits per heavy atom. The number of ether oxygens (including phenoxy) is 1. The van der Waals surface area contributed by atoms with Crippen molar-refractivity contribution in [3.05, 3.63) is 60.0 Å². The normalized spacial score (nSPS) is 11.0. The summed E-state index contributed by atoms with van der Waals surface area (Å²) < 4.78 is 18.7. The maximum absolute atomic E-state index is 13.9. The summed E-state index contributed by atoms with van der Waals surface area (Å²) in [5, 5.41) is 7.87. The highest BCUT2D eigenvalue weighted by Crippen LogP contribution is 2.28. The van der Waals surface area contributed by atoms with Crippen molar-refractivity contribution in [3.8, 4) is 22.8 Å². The van der Waals surface area contributed by atoms with Gasteiger partial charge in [-0.1, -0.05) is 12.1 Å². The van der Waals surface area contributed by atoms with Crippen molar-refractivity contribution in [2.45, 2.75) is 0 Å². The van der Waals surface area contributed by atoms with Crippen LogP contribution in [0.15, 0.2) is 48.7 Å². The quantitative estimate of drug-likeness (QED) is 0.561. The molecule has 0 amide bonds. The molecule has 0 saturated heterocycles. The van der Waals surface area contributed by atoms with E-state index in [9.17, 15) is 9.18 Å².